The smallest absolute Gasteiger partial charge is 0.335 e. The Hall–Kier alpha value is -1.71. The number of carboxylic acid groups (broad SMARTS) is 1. The van der Waals surface area contributed by atoms with E-state index in [4.69, 9.17) is 9.84 Å². The topological polar surface area (TPSA) is 58.6 Å². The maximum Gasteiger partial charge on any atom is 0.335 e. The van der Waals surface area contributed by atoms with Crippen LogP contribution >= 0.6 is 0 Å². The molecule has 2 N–H and O–H groups in total. The Balaban J connectivity index is 2.15. The zero-order valence-electron chi connectivity index (χ0n) is 11.3. The van der Waals surface area contributed by atoms with Gasteiger partial charge >= 0.3 is 5.97 Å². The van der Waals surface area contributed by atoms with Crippen molar-refractivity contribution in [3.63, 3.8) is 0 Å². The minimum atomic E-state index is -0.926. The number of aromatic carboxylic acids is 1. The lowest BCUT2D eigenvalue weighted by Crippen LogP contribution is -2.22. The van der Waals surface area contributed by atoms with Gasteiger partial charge in [-0.25, -0.2) is 4.79 Å². The van der Waals surface area contributed by atoms with E-state index in [1.807, 2.05) is 13.0 Å². The normalized spacial score (nSPS) is 16.1. The summed E-state index contributed by atoms with van der Waals surface area (Å²) in [5.74, 6) is -0.293. The molecule has 1 saturated carbocycles. The molecule has 0 aliphatic heterocycles. The van der Waals surface area contributed by atoms with Gasteiger partial charge in [0.1, 0.15) is 5.75 Å². The van der Waals surface area contributed by atoms with E-state index in [2.05, 4.69) is 5.32 Å². The van der Waals surface area contributed by atoms with Crippen molar-refractivity contribution in [1.29, 1.82) is 0 Å². The van der Waals surface area contributed by atoms with E-state index >= 15 is 0 Å². The fourth-order valence-corrected chi connectivity index (χ4v) is 2.52. The van der Waals surface area contributed by atoms with Crippen LogP contribution in [0, 0.1) is 0 Å². The first-order valence-corrected chi connectivity index (χ1v) is 6.97. The van der Waals surface area contributed by atoms with Crippen LogP contribution in [0.1, 0.15) is 49.4 Å². The third-order valence-electron chi connectivity index (χ3n) is 3.49. The molecule has 4 heteroatoms. The van der Waals surface area contributed by atoms with Gasteiger partial charge in [-0.2, -0.15) is 0 Å². The molecule has 0 bridgehead atoms. The van der Waals surface area contributed by atoms with Gasteiger partial charge in [0.15, 0.2) is 0 Å². The summed E-state index contributed by atoms with van der Waals surface area (Å²) < 4.78 is 5.54. The van der Waals surface area contributed by atoms with Gasteiger partial charge in [0.05, 0.1) is 17.9 Å². The predicted molar refractivity (Wildman–Crippen MR) is 75.1 cm³/mol. The highest BCUT2D eigenvalue weighted by Gasteiger charge is 2.16. The van der Waals surface area contributed by atoms with E-state index in [1.165, 1.54) is 32.1 Å². The second-order valence-electron chi connectivity index (χ2n) is 4.93. The van der Waals surface area contributed by atoms with Gasteiger partial charge in [-0.05, 0) is 38.0 Å². The Bertz CT molecular complexity index is 439. The molecule has 0 aromatic heterocycles. The van der Waals surface area contributed by atoms with E-state index in [0.717, 1.165) is 5.69 Å². The number of ether oxygens (including phenoxy) is 1. The van der Waals surface area contributed by atoms with Crippen LogP contribution in [0.15, 0.2) is 18.2 Å². The van der Waals surface area contributed by atoms with Crippen LogP contribution in [0.4, 0.5) is 5.69 Å². The second kappa shape index (κ2) is 6.45. The van der Waals surface area contributed by atoms with Crippen molar-refractivity contribution in [1.82, 2.24) is 0 Å². The maximum atomic E-state index is 11.0. The summed E-state index contributed by atoms with van der Waals surface area (Å²) in [4.78, 5) is 11.0. The van der Waals surface area contributed by atoms with Crippen molar-refractivity contribution in [3.8, 4) is 5.75 Å². The Kier molecular flexibility index (Phi) is 4.66. The summed E-state index contributed by atoms with van der Waals surface area (Å²) in [5.41, 5.74) is 1.16. The molecule has 0 amide bonds. The quantitative estimate of drug-likeness (QED) is 0.853. The SMILES string of the molecule is CCOc1cc(C(=O)O)ccc1NC1CCCCC1. The number of rotatable bonds is 5. The van der Waals surface area contributed by atoms with E-state index in [9.17, 15) is 4.79 Å². The molecule has 1 fully saturated rings. The molecule has 0 saturated heterocycles. The number of benzene rings is 1. The zero-order chi connectivity index (χ0) is 13.7. The second-order valence-corrected chi connectivity index (χ2v) is 4.93. The predicted octanol–water partition coefficient (Wildman–Crippen LogP) is 3.53. The molecule has 1 aromatic rings. The summed E-state index contributed by atoms with van der Waals surface area (Å²) >= 11 is 0. The first kappa shape index (κ1) is 13.7. The first-order valence-electron chi connectivity index (χ1n) is 6.97. The Morgan fingerprint density at radius 1 is 1.37 bits per heavy atom. The summed E-state index contributed by atoms with van der Waals surface area (Å²) in [7, 11) is 0. The van der Waals surface area contributed by atoms with Crippen molar-refractivity contribution in [2.75, 3.05) is 11.9 Å². The Morgan fingerprint density at radius 2 is 2.11 bits per heavy atom. The van der Waals surface area contributed by atoms with Crippen LogP contribution in [-0.4, -0.2) is 23.7 Å². The average Bonchev–Trinajstić information content (AvgIpc) is 2.42. The van der Waals surface area contributed by atoms with E-state index in [-0.39, 0.29) is 5.56 Å². The summed E-state index contributed by atoms with van der Waals surface area (Å²) in [5, 5.41) is 12.5. The van der Waals surface area contributed by atoms with Gasteiger partial charge in [0.25, 0.3) is 0 Å². The lowest BCUT2D eigenvalue weighted by atomic mass is 9.95. The van der Waals surface area contributed by atoms with Crippen LogP contribution in [0.5, 0.6) is 5.75 Å². The molecule has 4 nitrogen and oxygen atoms in total. The highest BCUT2D eigenvalue weighted by Crippen LogP contribution is 2.29. The van der Waals surface area contributed by atoms with Gasteiger partial charge in [-0.15, -0.1) is 0 Å². The van der Waals surface area contributed by atoms with Gasteiger partial charge in [0, 0.05) is 6.04 Å². The Morgan fingerprint density at radius 3 is 2.74 bits per heavy atom. The molecule has 1 aliphatic carbocycles. The highest BCUT2D eigenvalue weighted by molar-refractivity contribution is 5.89. The zero-order valence-corrected chi connectivity index (χ0v) is 11.3. The lowest BCUT2D eigenvalue weighted by Gasteiger charge is -2.25. The minimum absolute atomic E-state index is 0.262. The van der Waals surface area contributed by atoms with Crippen LogP contribution < -0.4 is 10.1 Å². The maximum absolute atomic E-state index is 11.0. The van der Waals surface area contributed by atoms with E-state index < -0.39 is 5.97 Å². The number of carbonyl (C=O) groups is 1. The highest BCUT2D eigenvalue weighted by atomic mass is 16.5. The third kappa shape index (κ3) is 3.63. The lowest BCUT2D eigenvalue weighted by molar-refractivity contribution is 0.0696. The summed E-state index contributed by atoms with van der Waals surface area (Å²) in [6, 6.07) is 5.50. The van der Waals surface area contributed by atoms with Crippen LogP contribution in [0.25, 0.3) is 0 Å². The molecule has 0 spiro atoms. The first-order chi connectivity index (χ1) is 9.20. The number of anilines is 1. The summed E-state index contributed by atoms with van der Waals surface area (Å²) in [6.07, 6.45) is 6.18. The van der Waals surface area contributed by atoms with Crippen molar-refractivity contribution in [2.24, 2.45) is 0 Å². The van der Waals surface area contributed by atoms with Gasteiger partial charge in [-0.3, -0.25) is 0 Å². The standard InChI is InChI=1S/C15H21NO3/c1-2-19-14-10-11(15(17)18)8-9-13(14)16-12-6-4-3-5-7-12/h8-10,12,16H,2-7H2,1H3,(H,17,18). The van der Waals surface area contributed by atoms with Crippen LogP contribution in [-0.2, 0) is 0 Å². The monoisotopic (exact) mass is 263 g/mol. The molecule has 0 radical (unpaired) electrons. The van der Waals surface area contributed by atoms with Crippen LogP contribution in [0.2, 0.25) is 0 Å². The van der Waals surface area contributed by atoms with Crippen molar-refractivity contribution >= 4 is 11.7 Å². The largest absolute Gasteiger partial charge is 0.492 e. The van der Waals surface area contributed by atoms with Gasteiger partial charge in [-0.1, -0.05) is 19.3 Å². The van der Waals surface area contributed by atoms with Crippen molar-refractivity contribution in [3.05, 3.63) is 23.8 Å². The molecule has 1 aromatic carbocycles. The molecule has 0 unspecified atom stereocenters. The fraction of sp³-hybridized carbons (Fsp3) is 0.533. The van der Waals surface area contributed by atoms with Crippen LogP contribution in [0.3, 0.4) is 0 Å². The fourth-order valence-electron chi connectivity index (χ4n) is 2.52. The summed E-state index contributed by atoms with van der Waals surface area (Å²) in [6.45, 7) is 2.43. The van der Waals surface area contributed by atoms with Gasteiger partial charge in [0.2, 0.25) is 0 Å². The molecule has 2 rings (SSSR count). The van der Waals surface area contributed by atoms with Crippen molar-refractivity contribution in [2.45, 2.75) is 45.1 Å². The average molecular weight is 263 g/mol. The number of nitrogens with one attached hydrogen (secondary N) is 1. The molecular weight excluding hydrogens is 242 g/mol. The number of hydrogen-bond donors (Lipinski definition) is 2. The third-order valence-corrected chi connectivity index (χ3v) is 3.49. The van der Waals surface area contributed by atoms with E-state index in [1.54, 1.807) is 12.1 Å². The molecule has 19 heavy (non-hydrogen) atoms. The Labute approximate surface area is 113 Å². The van der Waals surface area contributed by atoms with E-state index in [0.29, 0.717) is 18.4 Å². The van der Waals surface area contributed by atoms with Gasteiger partial charge < -0.3 is 15.2 Å². The van der Waals surface area contributed by atoms with Crippen molar-refractivity contribution < 1.29 is 14.6 Å². The minimum Gasteiger partial charge on any atom is -0.492 e. The molecule has 0 atom stereocenters. The number of carboxylic acids is 1. The number of hydrogen-bond acceptors (Lipinski definition) is 3. The molecular formula is C15H21NO3. The molecule has 1 aliphatic rings. The molecule has 104 valence electrons. The molecule has 0 heterocycles.